The average Bonchev–Trinajstić information content (AvgIpc) is 2.30. The third kappa shape index (κ3) is 5.98. The van der Waals surface area contributed by atoms with Crippen LogP contribution in [0.1, 0.15) is 6.92 Å². The Morgan fingerprint density at radius 2 is 2.15 bits per heavy atom. The van der Waals surface area contributed by atoms with Crippen LogP contribution in [0, 0.1) is 0 Å². The van der Waals surface area contributed by atoms with Crippen LogP contribution in [0.15, 0.2) is 22.7 Å². The third-order valence-electron chi connectivity index (χ3n) is 1.98. The highest BCUT2D eigenvalue weighted by molar-refractivity contribution is 9.10. The highest BCUT2D eigenvalue weighted by Crippen LogP contribution is 2.28. The first-order chi connectivity index (χ1) is 9.19. The highest BCUT2D eigenvalue weighted by Gasteiger charge is 2.28. The van der Waals surface area contributed by atoms with Crippen LogP contribution < -0.4 is 10.2 Å². The Kier molecular flexibility index (Phi) is 6.09. The van der Waals surface area contributed by atoms with Crippen LogP contribution >= 0.6 is 27.5 Å². The lowest BCUT2D eigenvalue weighted by Crippen LogP contribution is -2.38. The Hall–Kier alpha value is -0.990. The molecule has 0 aliphatic carbocycles. The van der Waals surface area contributed by atoms with Gasteiger partial charge in [0, 0.05) is 5.02 Å². The van der Waals surface area contributed by atoms with Crippen molar-refractivity contribution in [3.05, 3.63) is 27.7 Å². The van der Waals surface area contributed by atoms with Crippen molar-refractivity contribution >= 4 is 33.4 Å². The Balaban J connectivity index is 2.49. The zero-order valence-electron chi connectivity index (χ0n) is 10.1. The molecule has 0 fully saturated rings. The fourth-order valence-electron chi connectivity index (χ4n) is 1.09. The maximum absolute atomic E-state index is 11.8. The number of alkyl halides is 3. The molecule has 0 spiro atoms. The van der Waals surface area contributed by atoms with E-state index in [0.29, 0.717) is 15.2 Å². The Labute approximate surface area is 126 Å². The number of halogens is 5. The summed E-state index contributed by atoms with van der Waals surface area (Å²) in [6.07, 6.45) is -5.56. The Morgan fingerprint density at radius 3 is 2.70 bits per heavy atom. The largest absolute Gasteiger partial charge is 0.480 e. The van der Waals surface area contributed by atoms with E-state index in [9.17, 15) is 18.0 Å². The molecule has 0 aromatic heterocycles. The normalized spacial score (nSPS) is 12.9. The minimum Gasteiger partial charge on any atom is -0.480 e. The number of nitrogens with one attached hydrogen (secondary N) is 1. The van der Waals surface area contributed by atoms with E-state index in [2.05, 4.69) is 20.8 Å². The Morgan fingerprint density at radius 1 is 1.50 bits per heavy atom. The van der Waals surface area contributed by atoms with E-state index >= 15 is 0 Å². The van der Waals surface area contributed by atoms with Crippen molar-refractivity contribution in [2.75, 3.05) is 6.61 Å². The SMILES string of the molecule is CC(Oc1ccc(Cl)cc1Br)C(=O)NOCC(F)(F)F. The fraction of sp³-hybridized carbons (Fsp3) is 0.364. The minimum atomic E-state index is -4.52. The summed E-state index contributed by atoms with van der Waals surface area (Å²) < 4.78 is 41.2. The van der Waals surface area contributed by atoms with Gasteiger partial charge in [-0.05, 0) is 41.1 Å². The summed E-state index contributed by atoms with van der Waals surface area (Å²) >= 11 is 8.92. The van der Waals surface area contributed by atoms with Gasteiger partial charge in [-0.3, -0.25) is 9.63 Å². The van der Waals surface area contributed by atoms with Gasteiger partial charge in [-0.15, -0.1) is 0 Å². The van der Waals surface area contributed by atoms with E-state index < -0.39 is 24.8 Å². The molecule has 0 bridgehead atoms. The first-order valence-corrected chi connectivity index (χ1v) is 6.46. The average molecular weight is 377 g/mol. The molecule has 0 heterocycles. The van der Waals surface area contributed by atoms with Gasteiger partial charge in [-0.1, -0.05) is 11.6 Å². The van der Waals surface area contributed by atoms with E-state index in [-0.39, 0.29) is 0 Å². The second-order valence-electron chi connectivity index (χ2n) is 3.70. The molecule has 0 aliphatic rings. The van der Waals surface area contributed by atoms with Crippen molar-refractivity contribution in [1.29, 1.82) is 0 Å². The van der Waals surface area contributed by atoms with Gasteiger partial charge in [-0.25, -0.2) is 5.48 Å². The van der Waals surface area contributed by atoms with Crippen molar-refractivity contribution in [1.82, 2.24) is 5.48 Å². The monoisotopic (exact) mass is 375 g/mol. The van der Waals surface area contributed by atoms with Gasteiger partial charge in [0.05, 0.1) is 4.47 Å². The first kappa shape index (κ1) is 17.1. The highest BCUT2D eigenvalue weighted by atomic mass is 79.9. The predicted molar refractivity (Wildman–Crippen MR) is 69.4 cm³/mol. The molecule has 0 radical (unpaired) electrons. The van der Waals surface area contributed by atoms with Crippen LogP contribution in [0.5, 0.6) is 5.75 Å². The van der Waals surface area contributed by atoms with Gasteiger partial charge in [-0.2, -0.15) is 13.2 Å². The van der Waals surface area contributed by atoms with Crippen molar-refractivity contribution in [2.45, 2.75) is 19.2 Å². The van der Waals surface area contributed by atoms with Gasteiger partial charge in [0.1, 0.15) is 5.75 Å². The number of benzene rings is 1. The topological polar surface area (TPSA) is 47.6 Å². The van der Waals surface area contributed by atoms with Gasteiger partial charge in [0.25, 0.3) is 5.91 Å². The van der Waals surface area contributed by atoms with Crippen molar-refractivity contribution in [2.24, 2.45) is 0 Å². The van der Waals surface area contributed by atoms with Crippen molar-refractivity contribution in [3.8, 4) is 5.75 Å². The number of hydroxylamine groups is 1. The lowest BCUT2D eigenvalue weighted by molar-refractivity contribution is -0.193. The van der Waals surface area contributed by atoms with Crippen LogP contribution in [-0.4, -0.2) is 24.8 Å². The number of hydrogen-bond acceptors (Lipinski definition) is 3. The molecule has 1 aromatic rings. The number of amides is 1. The molecule has 9 heteroatoms. The van der Waals surface area contributed by atoms with Gasteiger partial charge in [0.2, 0.25) is 0 Å². The number of rotatable bonds is 5. The van der Waals surface area contributed by atoms with Gasteiger partial charge >= 0.3 is 6.18 Å². The van der Waals surface area contributed by atoms with Crippen LogP contribution in [0.3, 0.4) is 0 Å². The first-order valence-electron chi connectivity index (χ1n) is 5.29. The van der Waals surface area contributed by atoms with Gasteiger partial charge in [0.15, 0.2) is 12.7 Å². The molecular formula is C11H10BrClF3NO3. The quantitative estimate of drug-likeness (QED) is 0.801. The predicted octanol–water partition coefficient (Wildman–Crippen LogP) is 3.48. The molecule has 1 unspecified atom stereocenters. The summed E-state index contributed by atoms with van der Waals surface area (Å²) in [7, 11) is 0. The maximum Gasteiger partial charge on any atom is 0.414 e. The molecule has 0 saturated carbocycles. The molecular weight excluding hydrogens is 366 g/mol. The molecule has 0 saturated heterocycles. The summed E-state index contributed by atoms with van der Waals surface area (Å²) in [5, 5.41) is 0.467. The molecule has 1 N–H and O–H groups in total. The molecule has 0 aliphatic heterocycles. The van der Waals surface area contributed by atoms with Crippen LogP contribution in [-0.2, 0) is 9.63 Å². The molecule has 1 atom stereocenters. The van der Waals surface area contributed by atoms with Crippen LogP contribution in [0.2, 0.25) is 5.02 Å². The maximum atomic E-state index is 11.8. The molecule has 1 amide bonds. The number of carbonyl (C=O) groups excluding carboxylic acids is 1. The molecule has 1 rings (SSSR count). The van der Waals surface area contributed by atoms with E-state index in [1.165, 1.54) is 13.0 Å². The van der Waals surface area contributed by atoms with Crippen LogP contribution in [0.25, 0.3) is 0 Å². The number of hydrogen-bond donors (Lipinski definition) is 1. The summed E-state index contributed by atoms with van der Waals surface area (Å²) in [4.78, 5) is 15.5. The summed E-state index contributed by atoms with van der Waals surface area (Å²) in [6, 6.07) is 4.63. The van der Waals surface area contributed by atoms with E-state index in [0.717, 1.165) is 0 Å². The molecule has 20 heavy (non-hydrogen) atoms. The zero-order chi connectivity index (χ0) is 15.3. The van der Waals surface area contributed by atoms with Crippen molar-refractivity contribution < 1.29 is 27.5 Å². The standard InChI is InChI=1S/C11H10BrClF3NO3/c1-6(10(18)17-19-5-11(14,15)16)20-9-3-2-7(13)4-8(9)12/h2-4,6H,5H2,1H3,(H,17,18). The molecule has 112 valence electrons. The minimum absolute atomic E-state index is 0.327. The van der Waals surface area contributed by atoms with E-state index in [4.69, 9.17) is 16.3 Å². The fourth-order valence-corrected chi connectivity index (χ4v) is 1.86. The summed E-state index contributed by atoms with van der Waals surface area (Å²) in [5.41, 5.74) is 1.66. The van der Waals surface area contributed by atoms with Crippen molar-refractivity contribution in [3.63, 3.8) is 0 Å². The zero-order valence-corrected chi connectivity index (χ0v) is 12.5. The van der Waals surface area contributed by atoms with Crippen LogP contribution in [0.4, 0.5) is 13.2 Å². The third-order valence-corrected chi connectivity index (χ3v) is 2.83. The second kappa shape index (κ2) is 7.14. The Bertz CT molecular complexity index is 484. The lowest BCUT2D eigenvalue weighted by atomic mass is 10.3. The number of ether oxygens (including phenoxy) is 1. The molecule has 4 nitrogen and oxygen atoms in total. The second-order valence-corrected chi connectivity index (χ2v) is 5.00. The van der Waals surface area contributed by atoms with Gasteiger partial charge < -0.3 is 4.74 Å². The smallest absolute Gasteiger partial charge is 0.414 e. The number of carbonyl (C=O) groups is 1. The summed E-state index contributed by atoms with van der Waals surface area (Å²) in [5.74, 6) is -0.510. The van der Waals surface area contributed by atoms with E-state index in [1.807, 2.05) is 0 Å². The van der Waals surface area contributed by atoms with E-state index in [1.54, 1.807) is 17.6 Å². The lowest BCUT2D eigenvalue weighted by Gasteiger charge is -2.16. The molecule has 1 aromatic carbocycles. The summed E-state index contributed by atoms with van der Waals surface area (Å²) in [6.45, 7) is -0.205.